The number of carbonyl (C=O) groups is 1. The molecule has 0 aliphatic carbocycles. The lowest BCUT2D eigenvalue weighted by Gasteiger charge is -2.12. The molecule has 0 saturated carbocycles. The molecule has 1 N–H and O–H groups in total. The number of fused-ring (bicyclic) bond motifs is 2. The molecular formula is C29H21N5O2. The summed E-state index contributed by atoms with van der Waals surface area (Å²) in [7, 11) is 1.37. The van der Waals surface area contributed by atoms with Crippen molar-refractivity contribution < 1.29 is 9.53 Å². The third-order valence-electron chi connectivity index (χ3n) is 6.11. The molecule has 2 aromatic heterocycles. The number of hydrogen-bond donors (Lipinski definition) is 1. The largest absolute Gasteiger partial charge is 0.465 e. The maximum Gasteiger partial charge on any atom is 0.337 e. The van der Waals surface area contributed by atoms with Crippen molar-refractivity contribution in [2.75, 3.05) is 12.4 Å². The zero-order chi connectivity index (χ0) is 24.5. The third-order valence-corrected chi connectivity index (χ3v) is 6.11. The first kappa shape index (κ1) is 21.5. The number of benzene rings is 4. The van der Waals surface area contributed by atoms with E-state index in [9.17, 15) is 4.79 Å². The van der Waals surface area contributed by atoms with E-state index in [0.717, 1.165) is 44.4 Å². The first-order valence-electron chi connectivity index (χ1n) is 11.4. The number of carbonyl (C=O) groups excluding carboxylic acids is 1. The predicted molar refractivity (Wildman–Crippen MR) is 141 cm³/mol. The van der Waals surface area contributed by atoms with Crippen LogP contribution in [-0.2, 0) is 4.74 Å². The molecule has 2 heterocycles. The number of ether oxygens (including phenoxy) is 1. The van der Waals surface area contributed by atoms with Crippen LogP contribution in [0.25, 0.3) is 38.8 Å². The molecule has 7 nitrogen and oxygen atoms in total. The Morgan fingerprint density at radius 1 is 0.833 bits per heavy atom. The highest BCUT2D eigenvalue weighted by Gasteiger charge is 2.13. The van der Waals surface area contributed by atoms with Crippen molar-refractivity contribution in [3.05, 3.63) is 109 Å². The maximum absolute atomic E-state index is 11.8. The van der Waals surface area contributed by atoms with Crippen LogP contribution in [-0.4, -0.2) is 32.8 Å². The number of para-hydroxylation sites is 1. The molecule has 6 aromatic rings. The van der Waals surface area contributed by atoms with Gasteiger partial charge in [-0.3, -0.25) is 4.57 Å². The Balaban J connectivity index is 1.35. The molecule has 0 amide bonds. The molecule has 0 aliphatic rings. The number of esters is 1. The second kappa shape index (κ2) is 8.96. The maximum atomic E-state index is 11.8. The van der Waals surface area contributed by atoms with Crippen molar-refractivity contribution in [1.82, 2.24) is 19.7 Å². The number of rotatable bonds is 5. The molecule has 0 fully saturated rings. The van der Waals surface area contributed by atoms with E-state index in [1.165, 1.54) is 7.11 Å². The zero-order valence-corrected chi connectivity index (χ0v) is 19.4. The molecule has 0 atom stereocenters. The van der Waals surface area contributed by atoms with E-state index in [1.807, 2.05) is 79.1 Å². The average Bonchev–Trinajstić information content (AvgIpc) is 3.37. The Morgan fingerprint density at radius 3 is 2.36 bits per heavy atom. The minimum atomic E-state index is -0.373. The summed E-state index contributed by atoms with van der Waals surface area (Å²) in [5, 5.41) is 14.3. The van der Waals surface area contributed by atoms with Crippen LogP contribution in [0.4, 0.5) is 11.5 Å². The fourth-order valence-corrected chi connectivity index (χ4v) is 4.31. The van der Waals surface area contributed by atoms with Crippen LogP contribution in [0.5, 0.6) is 0 Å². The summed E-state index contributed by atoms with van der Waals surface area (Å²) < 4.78 is 6.86. The van der Waals surface area contributed by atoms with E-state index >= 15 is 0 Å². The summed E-state index contributed by atoms with van der Waals surface area (Å²) in [6, 6.07) is 31.3. The average molecular weight is 472 g/mol. The Hall–Kier alpha value is -5.04. The number of nitrogens with one attached hydrogen (secondary N) is 1. The summed E-state index contributed by atoms with van der Waals surface area (Å²) in [5.74, 6) is 0.282. The fourth-order valence-electron chi connectivity index (χ4n) is 4.31. The van der Waals surface area contributed by atoms with E-state index < -0.39 is 0 Å². The van der Waals surface area contributed by atoms with Gasteiger partial charge >= 0.3 is 5.97 Å². The summed E-state index contributed by atoms with van der Waals surface area (Å²) in [6.07, 6.45) is 1.83. The Morgan fingerprint density at radius 2 is 1.58 bits per heavy atom. The van der Waals surface area contributed by atoms with E-state index in [1.54, 1.807) is 12.1 Å². The van der Waals surface area contributed by atoms with Gasteiger partial charge in [-0.25, -0.2) is 9.78 Å². The van der Waals surface area contributed by atoms with Crippen molar-refractivity contribution in [3.8, 4) is 16.9 Å². The molecule has 7 heteroatoms. The minimum Gasteiger partial charge on any atom is -0.465 e. The Labute approximate surface area is 207 Å². The lowest BCUT2D eigenvalue weighted by molar-refractivity contribution is 0.0600. The van der Waals surface area contributed by atoms with E-state index in [-0.39, 0.29) is 5.97 Å². The number of anilines is 2. The van der Waals surface area contributed by atoms with Gasteiger partial charge in [0.05, 0.1) is 23.7 Å². The van der Waals surface area contributed by atoms with E-state index in [0.29, 0.717) is 11.4 Å². The summed E-state index contributed by atoms with van der Waals surface area (Å²) in [4.78, 5) is 16.4. The first-order valence-corrected chi connectivity index (χ1v) is 11.4. The van der Waals surface area contributed by atoms with Crippen LogP contribution in [0.15, 0.2) is 103 Å². The van der Waals surface area contributed by atoms with Gasteiger partial charge < -0.3 is 10.1 Å². The van der Waals surface area contributed by atoms with Gasteiger partial charge in [-0.2, -0.15) is 0 Å². The lowest BCUT2D eigenvalue weighted by Crippen LogP contribution is -2.01. The van der Waals surface area contributed by atoms with Gasteiger partial charge in [-0.15, -0.1) is 10.2 Å². The lowest BCUT2D eigenvalue weighted by atomic mass is 10.0. The SMILES string of the molecule is COC(=O)c1ccc(-c2nnc(Nc3ccc4c(c3)ncn4-c3ccccc3)c3ccccc23)cc1. The van der Waals surface area contributed by atoms with Gasteiger partial charge in [0.25, 0.3) is 0 Å². The van der Waals surface area contributed by atoms with Gasteiger partial charge in [0, 0.05) is 27.7 Å². The van der Waals surface area contributed by atoms with E-state index in [2.05, 4.69) is 37.2 Å². The summed E-state index contributed by atoms with van der Waals surface area (Å²) in [5.41, 5.74) is 5.93. The van der Waals surface area contributed by atoms with Gasteiger partial charge in [0.15, 0.2) is 5.82 Å². The fraction of sp³-hybridized carbons (Fsp3) is 0.0345. The summed E-state index contributed by atoms with van der Waals surface area (Å²) in [6.45, 7) is 0. The van der Waals surface area contributed by atoms with Crippen LogP contribution in [0.2, 0.25) is 0 Å². The standard InChI is InChI=1S/C29H21N5O2/c1-36-29(35)20-13-11-19(12-14-20)27-23-9-5-6-10-24(23)28(33-32-27)31-21-15-16-26-25(17-21)30-18-34(26)22-7-3-2-4-8-22/h2-18H,1H3,(H,31,33). The number of nitrogens with zero attached hydrogens (tertiary/aromatic N) is 4. The molecule has 36 heavy (non-hydrogen) atoms. The molecule has 0 unspecified atom stereocenters. The highest BCUT2D eigenvalue weighted by Crippen LogP contribution is 2.32. The molecule has 0 saturated heterocycles. The molecular weight excluding hydrogens is 450 g/mol. The highest BCUT2D eigenvalue weighted by atomic mass is 16.5. The Bertz CT molecular complexity index is 1710. The van der Waals surface area contributed by atoms with Crippen LogP contribution >= 0.6 is 0 Å². The molecule has 4 aromatic carbocycles. The van der Waals surface area contributed by atoms with Crippen LogP contribution in [0.1, 0.15) is 10.4 Å². The second-order valence-corrected chi connectivity index (χ2v) is 8.29. The van der Waals surface area contributed by atoms with Crippen molar-refractivity contribution >= 4 is 39.3 Å². The quantitative estimate of drug-likeness (QED) is 0.303. The highest BCUT2D eigenvalue weighted by molar-refractivity contribution is 6.01. The van der Waals surface area contributed by atoms with Gasteiger partial charge in [-0.05, 0) is 42.5 Å². The minimum absolute atomic E-state index is 0.373. The normalized spacial score (nSPS) is 11.0. The smallest absolute Gasteiger partial charge is 0.337 e. The molecule has 0 spiro atoms. The second-order valence-electron chi connectivity index (χ2n) is 8.29. The van der Waals surface area contributed by atoms with Crippen molar-refractivity contribution in [3.63, 3.8) is 0 Å². The molecule has 6 rings (SSSR count). The molecule has 174 valence electrons. The summed E-state index contributed by atoms with van der Waals surface area (Å²) >= 11 is 0. The molecule has 0 radical (unpaired) electrons. The molecule has 0 bridgehead atoms. The number of aromatic nitrogens is 4. The Kier molecular flexibility index (Phi) is 5.35. The monoisotopic (exact) mass is 471 g/mol. The van der Waals surface area contributed by atoms with Gasteiger partial charge in [0.2, 0.25) is 0 Å². The van der Waals surface area contributed by atoms with E-state index in [4.69, 9.17) is 4.74 Å². The first-order chi connectivity index (χ1) is 17.7. The van der Waals surface area contributed by atoms with Crippen molar-refractivity contribution in [2.24, 2.45) is 0 Å². The predicted octanol–water partition coefficient (Wildman–Crippen LogP) is 6.17. The van der Waals surface area contributed by atoms with Crippen LogP contribution in [0.3, 0.4) is 0 Å². The molecule has 0 aliphatic heterocycles. The van der Waals surface area contributed by atoms with Crippen molar-refractivity contribution in [1.29, 1.82) is 0 Å². The van der Waals surface area contributed by atoms with Crippen LogP contribution < -0.4 is 5.32 Å². The number of imidazole rings is 1. The van der Waals surface area contributed by atoms with Gasteiger partial charge in [-0.1, -0.05) is 54.6 Å². The van der Waals surface area contributed by atoms with Crippen molar-refractivity contribution in [2.45, 2.75) is 0 Å². The number of methoxy groups -OCH3 is 1. The van der Waals surface area contributed by atoms with Gasteiger partial charge in [0.1, 0.15) is 12.0 Å². The number of hydrogen-bond acceptors (Lipinski definition) is 6. The third kappa shape index (κ3) is 3.82. The zero-order valence-electron chi connectivity index (χ0n) is 19.4. The van der Waals surface area contributed by atoms with Crippen LogP contribution in [0, 0.1) is 0 Å². The topological polar surface area (TPSA) is 81.9 Å².